The summed E-state index contributed by atoms with van der Waals surface area (Å²) in [6.45, 7) is 11.6. The number of carbonyl (C=O) groups excluding carboxylic acids is 4. The highest BCUT2D eigenvalue weighted by atomic mass is 16.5. The molecule has 0 bridgehead atoms. The Hall–Kier alpha value is -2.02. The Morgan fingerprint density at radius 3 is 2.22 bits per heavy atom. The van der Waals surface area contributed by atoms with Crippen molar-refractivity contribution in [3.8, 4) is 0 Å². The molecule has 0 radical (unpaired) electrons. The molecule has 1 N–H and O–H groups in total. The topological polar surface area (TPSA) is 92.8 Å². The van der Waals surface area contributed by atoms with E-state index in [1.54, 1.807) is 13.8 Å². The molecule has 7 nitrogen and oxygen atoms in total. The van der Waals surface area contributed by atoms with Gasteiger partial charge in [-0.3, -0.25) is 24.1 Å². The van der Waals surface area contributed by atoms with Crippen LogP contribution < -0.4 is 5.32 Å². The summed E-state index contributed by atoms with van der Waals surface area (Å²) in [7, 11) is 0. The van der Waals surface area contributed by atoms with Crippen molar-refractivity contribution in [2.75, 3.05) is 13.2 Å². The molecule has 0 aromatic heterocycles. The van der Waals surface area contributed by atoms with Crippen molar-refractivity contribution in [3.05, 3.63) is 12.2 Å². The first-order chi connectivity index (χ1) is 12.4. The molecule has 1 heterocycles. The largest absolute Gasteiger partial charge is 0.374 e. The summed E-state index contributed by atoms with van der Waals surface area (Å²) in [4.78, 5) is 48.0. The van der Waals surface area contributed by atoms with Gasteiger partial charge in [-0.2, -0.15) is 0 Å². The van der Waals surface area contributed by atoms with Crippen molar-refractivity contribution >= 4 is 23.5 Å². The van der Waals surface area contributed by atoms with Gasteiger partial charge in [0.2, 0.25) is 5.91 Å². The molecular weight excluding hydrogens is 348 g/mol. The highest BCUT2D eigenvalue weighted by Crippen LogP contribution is 2.22. The van der Waals surface area contributed by atoms with E-state index in [0.717, 1.165) is 4.90 Å². The molecule has 1 unspecified atom stereocenters. The minimum absolute atomic E-state index is 0.122. The number of rotatable bonds is 11. The van der Waals surface area contributed by atoms with Gasteiger partial charge in [0.1, 0.15) is 5.78 Å². The zero-order valence-corrected chi connectivity index (χ0v) is 17.3. The summed E-state index contributed by atoms with van der Waals surface area (Å²) < 4.78 is 5.83. The zero-order chi connectivity index (χ0) is 20.8. The summed E-state index contributed by atoms with van der Waals surface area (Å²) >= 11 is 0. The monoisotopic (exact) mass is 380 g/mol. The van der Waals surface area contributed by atoms with Gasteiger partial charge in [0.05, 0.1) is 5.60 Å². The molecule has 0 saturated carbocycles. The van der Waals surface area contributed by atoms with Gasteiger partial charge in [-0.25, -0.2) is 0 Å². The first-order valence-electron chi connectivity index (χ1n) is 9.33. The molecule has 1 aliphatic heterocycles. The number of ether oxygens (including phenoxy) is 1. The molecular formula is C20H32N2O5. The van der Waals surface area contributed by atoms with Crippen LogP contribution in [0.2, 0.25) is 0 Å². The molecule has 0 spiro atoms. The number of amides is 3. The number of ketones is 1. The smallest absolute Gasteiger partial charge is 0.253 e. The normalized spacial score (nSPS) is 16.0. The lowest BCUT2D eigenvalue weighted by Crippen LogP contribution is -2.42. The fourth-order valence-electron chi connectivity index (χ4n) is 2.52. The Labute approximate surface area is 161 Å². The Morgan fingerprint density at radius 1 is 1.15 bits per heavy atom. The summed E-state index contributed by atoms with van der Waals surface area (Å²) in [5.41, 5.74) is -0.978. The van der Waals surface area contributed by atoms with Gasteiger partial charge in [-0.05, 0) is 40.5 Å². The second kappa shape index (κ2) is 9.26. The minimum Gasteiger partial charge on any atom is -0.374 e. The summed E-state index contributed by atoms with van der Waals surface area (Å²) in [6.07, 6.45) is 3.71. The molecule has 0 fully saturated rings. The van der Waals surface area contributed by atoms with Crippen LogP contribution in [0.15, 0.2) is 12.2 Å². The summed E-state index contributed by atoms with van der Waals surface area (Å²) in [5, 5.41) is 2.83. The van der Waals surface area contributed by atoms with Crippen LogP contribution in [-0.4, -0.2) is 53.2 Å². The minimum atomic E-state index is -0.557. The van der Waals surface area contributed by atoms with E-state index in [2.05, 4.69) is 5.32 Å². The molecule has 3 amide bonds. The van der Waals surface area contributed by atoms with Gasteiger partial charge in [0.25, 0.3) is 11.8 Å². The van der Waals surface area contributed by atoms with Crippen LogP contribution in [0.5, 0.6) is 0 Å². The molecule has 27 heavy (non-hydrogen) atoms. The lowest BCUT2D eigenvalue weighted by Gasteiger charge is -2.28. The number of carbonyl (C=O) groups is 4. The van der Waals surface area contributed by atoms with Gasteiger partial charge < -0.3 is 10.1 Å². The third-order valence-corrected chi connectivity index (χ3v) is 4.96. The molecule has 0 aromatic rings. The van der Waals surface area contributed by atoms with Crippen LogP contribution >= 0.6 is 0 Å². The Kier molecular flexibility index (Phi) is 7.90. The Bertz CT molecular complexity index is 604. The fourth-order valence-corrected chi connectivity index (χ4v) is 2.52. The van der Waals surface area contributed by atoms with E-state index < -0.39 is 11.0 Å². The second-order valence-corrected chi connectivity index (χ2v) is 8.34. The molecule has 1 atom stereocenters. The molecule has 1 rings (SSSR count). The highest BCUT2D eigenvalue weighted by molar-refractivity contribution is 6.13. The molecule has 0 aromatic carbocycles. The van der Waals surface area contributed by atoms with Crippen LogP contribution in [0.3, 0.4) is 0 Å². The predicted octanol–water partition coefficient (Wildman–Crippen LogP) is 2.00. The van der Waals surface area contributed by atoms with Crippen molar-refractivity contribution < 1.29 is 23.9 Å². The van der Waals surface area contributed by atoms with Crippen LogP contribution in [0.25, 0.3) is 0 Å². The lowest BCUT2D eigenvalue weighted by atomic mass is 9.86. The lowest BCUT2D eigenvalue weighted by molar-refractivity contribution is -0.140. The maximum absolute atomic E-state index is 12.1. The van der Waals surface area contributed by atoms with Gasteiger partial charge in [0, 0.05) is 43.2 Å². The third-order valence-electron chi connectivity index (χ3n) is 4.96. The molecule has 1 aliphatic rings. The van der Waals surface area contributed by atoms with Gasteiger partial charge in [-0.1, -0.05) is 13.8 Å². The number of Topliss-reactive ketones (excluding diaryl/α,β-unsaturated/α-hetero) is 1. The van der Waals surface area contributed by atoms with Crippen molar-refractivity contribution in [2.45, 2.75) is 72.4 Å². The second-order valence-electron chi connectivity index (χ2n) is 8.34. The molecule has 0 saturated heterocycles. The van der Waals surface area contributed by atoms with E-state index >= 15 is 0 Å². The van der Waals surface area contributed by atoms with E-state index in [9.17, 15) is 19.2 Å². The van der Waals surface area contributed by atoms with E-state index in [1.165, 1.54) is 12.2 Å². The third kappa shape index (κ3) is 7.25. The average Bonchev–Trinajstić information content (AvgIpc) is 2.89. The van der Waals surface area contributed by atoms with Crippen molar-refractivity contribution in [2.24, 2.45) is 5.41 Å². The van der Waals surface area contributed by atoms with Crippen molar-refractivity contribution in [1.29, 1.82) is 0 Å². The number of imide groups is 1. The summed E-state index contributed by atoms with van der Waals surface area (Å²) in [6, 6.07) is -0.330. The quantitative estimate of drug-likeness (QED) is 0.554. The van der Waals surface area contributed by atoms with Crippen molar-refractivity contribution in [3.63, 3.8) is 0 Å². The van der Waals surface area contributed by atoms with Gasteiger partial charge in [0.15, 0.2) is 0 Å². The van der Waals surface area contributed by atoms with E-state index in [1.807, 2.05) is 27.7 Å². The Morgan fingerprint density at radius 2 is 1.70 bits per heavy atom. The number of hydrogen-bond donors (Lipinski definition) is 1. The van der Waals surface area contributed by atoms with Crippen LogP contribution in [0.4, 0.5) is 0 Å². The maximum atomic E-state index is 12.1. The number of hydrogen-bond acceptors (Lipinski definition) is 5. The predicted molar refractivity (Wildman–Crippen MR) is 102 cm³/mol. The zero-order valence-electron chi connectivity index (χ0n) is 17.3. The highest BCUT2D eigenvalue weighted by Gasteiger charge is 2.29. The first-order valence-corrected chi connectivity index (χ1v) is 9.33. The van der Waals surface area contributed by atoms with Crippen LogP contribution in [-0.2, 0) is 23.9 Å². The Balaban J connectivity index is 2.33. The van der Waals surface area contributed by atoms with Gasteiger partial charge in [-0.15, -0.1) is 0 Å². The SMILES string of the molecule is CC(=O)C(C)(C)CCOC(C)(C)CNC(=O)CCC(C)N1C(=O)C=CC1=O. The maximum Gasteiger partial charge on any atom is 0.253 e. The summed E-state index contributed by atoms with van der Waals surface area (Å²) in [5.74, 6) is -0.710. The van der Waals surface area contributed by atoms with Crippen LogP contribution in [0.1, 0.15) is 60.8 Å². The standard InChI is InChI=1S/C20H32N2O5/c1-14(22-17(25)9-10-18(22)26)7-8-16(24)21-13-20(5,6)27-12-11-19(3,4)15(2)23/h9-10,14H,7-8,11-13H2,1-6H3,(H,21,24). The van der Waals surface area contributed by atoms with E-state index in [-0.39, 0.29) is 36.0 Å². The van der Waals surface area contributed by atoms with Crippen LogP contribution in [0, 0.1) is 5.41 Å². The molecule has 0 aliphatic carbocycles. The average molecular weight is 380 g/mol. The number of nitrogens with one attached hydrogen (secondary N) is 1. The van der Waals surface area contributed by atoms with Crippen molar-refractivity contribution in [1.82, 2.24) is 10.2 Å². The molecule has 7 heteroatoms. The van der Waals surface area contributed by atoms with Gasteiger partial charge >= 0.3 is 0 Å². The first kappa shape index (κ1) is 23.0. The fraction of sp³-hybridized carbons (Fsp3) is 0.700. The van der Waals surface area contributed by atoms with E-state index in [0.29, 0.717) is 26.0 Å². The molecule has 152 valence electrons. The van der Waals surface area contributed by atoms with E-state index in [4.69, 9.17) is 4.74 Å². The number of nitrogens with zero attached hydrogens (tertiary/aromatic N) is 1.